The van der Waals surface area contributed by atoms with E-state index < -0.39 is 4.92 Å². The van der Waals surface area contributed by atoms with Crippen LogP contribution in [0.4, 0.5) is 5.69 Å². The van der Waals surface area contributed by atoms with Crippen LogP contribution < -0.4 is 4.57 Å². The number of ether oxygens (including phenoxy) is 1. The molecule has 2 aromatic rings. The number of nitro groups is 1. The Kier molecular flexibility index (Phi) is 6.24. The molecule has 1 aliphatic carbocycles. The minimum absolute atomic E-state index is 0.0221. The van der Waals surface area contributed by atoms with Crippen molar-refractivity contribution in [3.63, 3.8) is 0 Å². The zero-order chi connectivity index (χ0) is 21.3. The summed E-state index contributed by atoms with van der Waals surface area (Å²) < 4.78 is 9.83. The third-order valence-corrected chi connectivity index (χ3v) is 6.37. The summed E-state index contributed by atoms with van der Waals surface area (Å²) in [5.74, 6) is 2.09. The third kappa shape index (κ3) is 4.28. The molecular formula is C22H32N3O4+. The first-order chi connectivity index (χ1) is 13.7. The molecule has 1 saturated carbocycles. The predicted octanol–water partition coefficient (Wildman–Crippen LogP) is 3.94. The van der Waals surface area contributed by atoms with E-state index in [0.717, 1.165) is 24.2 Å². The lowest BCUT2D eigenvalue weighted by molar-refractivity contribution is -0.653. The van der Waals surface area contributed by atoms with E-state index >= 15 is 0 Å². The second-order valence-corrected chi connectivity index (χ2v) is 8.70. The quantitative estimate of drug-likeness (QED) is 0.317. The van der Waals surface area contributed by atoms with Gasteiger partial charge >= 0.3 is 5.97 Å². The van der Waals surface area contributed by atoms with Gasteiger partial charge in [0.05, 0.1) is 18.0 Å². The summed E-state index contributed by atoms with van der Waals surface area (Å²) in [7, 11) is 1.92. The molecule has 29 heavy (non-hydrogen) atoms. The van der Waals surface area contributed by atoms with E-state index in [4.69, 9.17) is 4.74 Å². The van der Waals surface area contributed by atoms with Gasteiger partial charge in [-0.2, -0.15) is 0 Å². The van der Waals surface area contributed by atoms with E-state index in [1.54, 1.807) is 12.1 Å². The van der Waals surface area contributed by atoms with Crippen LogP contribution in [0.25, 0.3) is 11.0 Å². The van der Waals surface area contributed by atoms with E-state index in [1.165, 1.54) is 12.5 Å². The van der Waals surface area contributed by atoms with Gasteiger partial charge in [-0.15, -0.1) is 0 Å². The summed E-state index contributed by atoms with van der Waals surface area (Å²) in [6, 6.07) is 4.79. The topological polar surface area (TPSA) is 78.2 Å². The van der Waals surface area contributed by atoms with E-state index in [0.29, 0.717) is 29.7 Å². The minimum atomic E-state index is -0.405. The van der Waals surface area contributed by atoms with E-state index in [1.807, 2.05) is 23.1 Å². The highest BCUT2D eigenvalue weighted by atomic mass is 16.6. The summed E-state index contributed by atoms with van der Waals surface area (Å²) >= 11 is 0. The standard InChI is InChI=1S/C22H32N3O4/c1-6-21-23(5)18-10-8-16(25(27)28)12-19(18)24(21)13-22(26)29-20-11-15(4)7-9-17(20)14(2)3/h8,10,12,14-15,17,20H,6-7,9,11,13H2,1-5H3/q+1/t15-,17+,20-/m1/s1. The summed E-state index contributed by atoms with van der Waals surface area (Å²) in [5.41, 5.74) is 1.58. The first kappa shape index (κ1) is 21.3. The van der Waals surface area contributed by atoms with Gasteiger partial charge in [-0.05, 0) is 36.7 Å². The van der Waals surface area contributed by atoms with Crippen molar-refractivity contribution in [1.29, 1.82) is 0 Å². The summed E-state index contributed by atoms with van der Waals surface area (Å²) in [5, 5.41) is 11.2. The number of aromatic nitrogens is 2. The first-order valence-corrected chi connectivity index (χ1v) is 10.6. The second kappa shape index (κ2) is 8.51. The molecule has 0 saturated heterocycles. The lowest BCUT2D eigenvalue weighted by Crippen LogP contribution is -2.37. The van der Waals surface area contributed by atoms with Crippen LogP contribution in [-0.2, 0) is 29.5 Å². The molecule has 0 bridgehead atoms. The molecule has 3 atom stereocenters. The summed E-state index contributed by atoms with van der Waals surface area (Å²) in [4.78, 5) is 23.7. The maximum atomic E-state index is 12.9. The Labute approximate surface area is 171 Å². The second-order valence-electron chi connectivity index (χ2n) is 8.70. The Hall–Kier alpha value is -2.44. The Morgan fingerprint density at radius 1 is 1.38 bits per heavy atom. The Bertz CT molecular complexity index is 918. The largest absolute Gasteiger partial charge is 0.459 e. The molecule has 1 heterocycles. The smallest absolute Gasteiger partial charge is 0.348 e. The van der Waals surface area contributed by atoms with Gasteiger partial charge in [-0.25, -0.2) is 13.9 Å². The molecule has 0 amide bonds. The lowest BCUT2D eigenvalue weighted by Gasteiger charge is -2.36. The Morgan fingerprint density at radius 3 is 2.72 bits per heavy atom. The van der Waals surface area contributed by atoms with Gasteiger partial charge in [0, 0.05) is 12.5 Å². The van der Waals surface area contributed by atoms with Gasteiger partial charge < -0.3 is 4.74 Å². The van der Waals surface area contributed by atoms with Gasteiger partial charge in [-0.3, -0.25) is 10.1 Å². The SMILES string of the molecule is CCc1n(CC(=O)O[C@@H]2C[C@H](C)CC[C@H]2C(C)C)c2cc([N+](=O)[O-])ccc2[n+]1C. The molecule has 0 spiro atoms. The molecule has 0 aliphatic heterocycles. The molecule has 1 aromatic heterocycles. The van der Waals surface area contributed by atoms with Crippen molar-refractivity contribution in [2.45, 2.75) is 66.0 Å². The van der Waals surface area contributed by atoms with Crippen molar-refractivity contribution < 1.29 is 19.0 Å². The maximum Gasteiger partial charge on any atom is 0.348 e. The monoisotopic (exact) mass is 402 g/mol. The highest BCUT2D eigenvalue weighted by molar-refractivity contribution is 5.78. The zero-order valence-electron chi connectivity index (χ0n) is 18.1. The molecule has 1 aromatic carbocycles. The molecule has 7 nitrogen and oxygen atoms in total. The number of rotatable bonds is 6. The number of benzene rings is 1. The summed E-state index contributed by atoms with van der Waals surface area (Å²) in [6.07, 6.45) is 3.83. The van der Waals surface area contributed by atoms with Crippen molar-refractivity contribution in [3.05, 3.63) is 34.1 Å². The van der Waals surface area contributed by atoms with Gasteiger partial charge in [0.15, 0.2) is 17.6 Å². The molecular weight excluding hydrogens is 370 g/mol. The van der Waals surface area contributed by atoms with Crippen LogP contribution in [0.5, 0.6) is 0 Å². The van der Waals surface area contributed by atoms with Gasteiger partial charge in [0.25, 0.3) is 11.5 Å². The van der Waals surface area contributed by atoms with E-state index in [-0.39, 0.29) is 24.3 Å². The first-order valence-electron chi connectivity index (χ1n) is 10.6. The molecule has 0 radical (unpaired) electrons. The van der Waals surface area contributed by atoms with Crippen molar-refractivity contribution in [2.75, 3.05) is 0 Å². The fourth-order valence-corrected chi connectivity index (χ4v) is 4.77. The van der Waals surface area contributed by atoms with Crippen LogP contribution in [0.2, 0.25) is 0 Å². The lowest BCUT2D eigenvalue weighted by atomic mass is 9.75. The Morgan fingerprint density at radius 2 is 2.10 bits per heavy atom. The van der Waals surface area contributed by atoms with Crippen LogP contribution in [0.1, 0.15) is 52.8 Å². The van der Waals surface area contributed by atoms with E-state index in [9.17, 15) is 14.9 Å². The third-order valence-electron chi connectivity index (χ3n) is 6.37. The number of non-ortho nitro benzene ring substituents is 1. The highest BCUT2D eigenvalue weighted by Gasteiger charge is 2.34. The number of carbonyl (C=O) groups excluding carboxylic acids is 1. The average molecular weight is 403 g/mol. The molecule has 1 aliphatic rings. The van der Waals surface area contributed by atoms with Crippen LogP contribution in [0.3, 0.4) is 0 Å². The average Bonchev–Trinajstić information content (AvgIpc) is 2.92. The fourth-order valence-electron chi connectivity index (χ4n) is 4.77. The maximum absolute atomic E-state index is 12.9. The number of nitro benzene ring substituents is 1. The molecule has 0 unspecified atom stereocenters. The van der Waals surface area contributed by atoms with Gasteiger partial charge in [0.1, 0.15) is 6.10 Å². The molecule has 158 valence electrons. The normalized spacial score (nSPS) is 22.2. The number of hydrogen-bond donors (Lipinski definition) is 0. The van der Waals surface area contributed by atoms with Crippen LogP contribution in [0.15, 0.2) is 18.2 Å². The van der Waals surface area contributed by atoms with Crippen molar-refractivity contribution in [2.24, 2.45) is 24.8 Å². The Balaban J connectivity index is 1.89. The van der Waals surface area contributed by atoms with Crippen LogP contribution in [0, 0.1) is 27.9 Å². The number of nitrogens with zero attached hydrogens (tertiary/aromatic N) is 3. The van der Waals surface area contributed by atoms with Crippen LogP contribution >= 0.6 is 0 Å². The van der Waals surface area contributed by atoms with Gasteiger partial charge in [-0.1, -0.05) is 34.1 Å². The summed E-state index contributed by atoms with van der Waals surface area (Å²) in [6.45, 7) is 8.68. The molecule has 7 heteroatoms. The van der Waals surface area contributed by atoms with Crippen molar-refractivity contribution in [3.8, 4) is 0 Å². The van der Waals surface area contributed by atoms with Crippen molar-refractivity contribution >= 4 is 22.7 Å². The number of aryl methyl sites for hydroxylation is 1. The molecule has 0 N–H and O–H groups in total. The van der Waals surface area contributed by atoms with Gasteiger partial charge in [0.2, 0.25) is 0 Å². The minimum Gasteiger partial charge on any atom is -0.459 e. The van der Waals surface area contributed by atoms with Crippen LogP contribution in [-0.4, -0.2) is 21.6 Å². The number of imidazole rings is 1. The molecule has 3 rings (SSSR count). The number of carbonyl (C=O) groups is 1. The van der Waals surface area contributed by atoms with E-state index in [2.05, 4.69) is 20.8 Å². The number of hydrogen-bond acceptors (Lipinski definition) is 4. The highest BCUT2D eigenvalue weighted by Crippen LogP contribution is 2.35. The number of fused-ring (bicyclic) bond motifs is 1. The van der Waals surface area contributed by atoms with Crippen molar-refractivity contribution in [1.82, 2.24) is 4.57 Å². The fraction of sp³-hybridized carbons (Fsp3) is 0.636. The number of esters is 1. The zero-order valence-corrected chi connectivity index (χ0v) is 18.1. The molecule has 1 fully saturated rings. The predicted molar refractivity (Wildman–Crippen MR) is 110 cm³/mol.